The van der Waals surface area contributed by atoms with Crippen LogP contribution in [-0.4, -0.2) is 14.2 Å². The van der Waals surface area contributed by atoms with Crippen LogP contribution in [0.5, 0.6) is 0 Å². The number of sulfone groups is 1. The maximum atomic E-state index is 13.1. The van der Waals surface area contributed by atoms with Crippen molar-refractivity contribution in [3.8, 4) is 0 Å². The predicted molar refractivity (Wildman–Crippen MR) is 68.0 cm³/mol. The van der Waals surface area contributed by atoms with Gasteiger partial charge in [0.25, 0.3) is 0 Å². The summed E-state index contributed by atoms with van der Waals surface area (Å²) in [7, 11) is -3.34. The Kier molecular flexibility index (Phi) is 4.85. The third kappa shape index (κ3) is 3.51. The van der Waals surface area contributed by atoms with Crippen molar-refractivity contribution in [1.82, 2.24) is 0 Å². The van der Waals surface area contributed by atoms with Crippen LogP contribution >= 0.6 is 0 Å². The van der Waals surface area contributed by atoms with Gasteiger partial charge in [-0.05, 0) is 30.5 Å². The first-order valence-electron chi connectivity index (χ1n) is 5.94. The molecule has 0 aliphatic carbocycles. The molecule has 2 nitrogen and oxygen atoms in total. The molecule has 0 aliphatic heterocycles. The van der Waals surface area contributed by atoms with Gasteiger partial charge in [-0.2, -0.15) is 0 Å². The zero-order valence-electron chi connectivity index (χ0n) is 10.8. The highest BCUT2D eigenvalue weighted by Gasteiger charge is 2.25. The molecule has 0 saturated heterocycles. The van der Waals surface area contributed by atoms with Gasteiger partial charge in [-0.3, -0.25) is 0 Å². The molecule has 0 saturated carbocycles. The van der Waals surface area contributed by atoms with Crippen LogP contribution in [0.4, 0.5) is 8.78 Å². The van der Waals surface area contributed by atoms with E-state index in [1.54, 1.807) is 0 Å². The quantitative estimate of drug-likeness (QED) is 0.825. The Morgan fingerprint density at radius 2 is 1.78 bits per heavy atom. The normalized spacial score (nSPS) is 15.4. The molecule has 0 unspecified atom stereocenters. The molecule has 0 heterocycles. The average molecular weight is 276 g/mol. The molecule has 1 aromatic carbocycles. The average Bonchev–Trinajstić information content (AvgIpc) is 2.31. The number of hydrogen-bond acceptors (Lipinski definition) is 2. The monoisotopic (exact) mass is 276 g/mol. The highest BCUT2D eigenvalue weighted by Crippen LogP contribution is 2.25. The van der Waals surface area contributed by atoms with Crippen molar-refractivity contribution in [2.45, 2.75) is 32.4 Å². The van der Waals surface area contributed by atoms with E-state index in [9.17, 15) is 17.2 Å². The van der Waals surface area contributed by atoms with E-state index in [0.717, 1.165) is 18.6 Å². The van der Waals surface area contributed by atoms with E-state index in [2.05, 4.69) is 0 Å². The van der Waals surface area contributed by atoms with Crippen molar-refractivity contribution in [1.29, 1.82) is 0 Å². The highest BCUT2D eigenvalue weighted by molar-refractivity contribution is 7.91. The van der Waals surface area contributed by atoms with Crippen LogP contribution in [0.1, 0.15) is 38.0 Å². The minimum atomic E-state index is -3.34. The Morgan fingerprint density at radius 1 is 1.17 bits per heavy atom. The van der Waals surface area contributed by atoms with Crippen molar-refractivity contribution in [2.24, 2.45) is 5.92 Å². The zero-order valence-corrected chi connectivity index (χ0v) is 11.6. The van der Waals surface area contributed by atoms with Gasteiger partial charge in [0.05, 0.1) is 11.0 Å². The summed E-state index contributed by atoms with van der Waals surface area (Å²) < 4.78 is 50.0. The molecule has 0 fully saturated rings. The fraction of sp³-hybridized carbons (Fsp3) is 0.538. The Hall–Kier alpha value is -0.970. The summed E-state index contributed by atoms with van der Waals surface area (Å²) in [6, 6.07) is 3.23. The Bertz CT molecular complexity index is 512. The van der Waals surface area contributed by atoms with Crippen molar-refractivity contribution < 1.29 is 17.2 Å². The summed E-state index contributed by atoms with van der Waals surface area (Å²) in [6.07, 6.45) is 0.768. The molecule has 0 aliphatic rings. The maximum Gasteiger partial charge on any atom is 0.159 e. The van der Waals surface area contributed by atoms with Gasteiger partial charge in [0.15, 0.2) is 21.5 Å². The van der Waals surface area contributed by atoms with Crippen molar-refractivity contribution >= 4 is 9.84 Å². The summed E-state index contributed by atoms with van der Waals surface area (Å²) in [6.45, 7) is 5.28. The Labute approximate surface area is 107 Å². The molecule has 102 valence electrons. The standard InChI is InChI=1S/C13H18F2O2S/c1-4-9(2)8-18(16,17)10(3)11-5-6-12(14)13(15)7-11/h5-7,9-10H,4,8H2,1-3H3/t9-,10+/m0/s1. The minimum Gasteiger partial charge on any atom is -0.228 e. The topological polar surface area (TPSA) is 34.1 Å². The van der Waals surface area contributed by atoms with Crippen molar-refractivity contribution in [2.75, 3.05) is 5.75 Å². The number of benzene rings is 1. The third-order valence-corrected chi connectivity index (χ3v) is 5.55. The lowest BCUT2D eigenvalue weighted by Gasteiger charge is -2.16. The number of rotatable bonds is 5. The summed E-state index contributed by atoms with van der Waals surface area (Å²) in [5.41, 5.74) is 0.289. The van der Waals surface area contributed by atoms with Crippen LogP contribution in [-0.2, 0) is 9.84 Å². The highest BCUT2D eigenvalue weighted by atomic mass is 32.2. The van der Waals surface area contributed by atoms with Gasteiger partial charge in [-0.1, -0.05) is 26.3 Å². The molecule has 0 aromatic heterocycles. The van der Waals surface area contributed by atoms with E-state index < -0.39 is 26.7 Å². The molecule has 0 amide bonds. The summed E-state index contributed by atoms with van der Waals surface area (Å²) in [5.74, 6) is -1.87. The molecule has 1 rings (SSSR count). The van der Waals surface area contributed by atoms with Gasteiger partial charge >= 0.3 is 0 Å². The van der Waals surface area contributed by atoms with Crippen LogP contribution in [0, 0.1) is 17.6 Å². The lowest BCUT2D eigenvalue weighted by molar-refractivity contribution is 0.506. The molecular weight excluding hydrogens is 258 g/mol. The molecular formula is C13H18F2O2S. The number of halogens is 2. The third-order valence-electron chi connectivity index (χ3n) is 3.17. The second kappa shape index (κ2) is 5.78. The second-order valence-corrected chi connectivity index (χ2v) is 7.02. The van der Waals surface area contributed by atoms with Gasteiger partial charge in [-0.15, -0.1) is 0 Å². The Morgan fingerprint density at radius 3 is 2.28 bits per heavy atom. The van der Waals surface area contributed by atoms with Gasteiger partial charge in [0.2, 0.25) is 0 Å². The molecule has 2 atom stereocenters. The van der Waals surface area contributed by atoms with Crippen molar-refractivity contribution in [3.05, 3.63) is 35.4 Å². The predicted octanol–water partition coefficient (Wildman–Crippen LogP) is 3.49. The number of hydrogen-bond donors (Lipinski definition) is 0. The first-order valence-corrected chi connectivity index (χ1v) is 7.66. The maximum absolute atomic E-state index is 13.1. The summed E-state index contributed by atoms with van der Waals surface area (Å²) >= 11 is 0. The van der Waals surface area contributed by atoms with E-state index in [-0.39, 0.29) is 17.2 Å². The fourth-order valence-corrected chi connectivity index (χ4v) is 3.51. The van der Waals surface area contributed by atoms with Crippen LogP contribution < -0.4 is 0 Å². The van der Waals surface area contributed by atoms with E-state index in [0.29, 0.717) is 0 Å². The molecule has 1 aromatic rings. The van der Waals surface area contributed by atoms with Crippen LogP contribution in [0.15, 0.2) is 18.2 Å². The second-order valence-electron chi connectivity index (χ2n) is 4.66. The minimum absolute atomic E-state index is 0.0581. The van der Waals surface area contributed by atoms with E-state index in [1.807, 2.05) is 13.8 Å². The van der Waals surface area contributed by atoms with Crippen LogP contribution in [0.3, 0.4) is 0 Å². The fourth-order valence-electron chi connectivity index (χ4n) is 1.63. The van der Waals surface area contributed by atoms with E-state index in [1.165, 1.54) is 13.0 Å². The largest absolute Gasteiger partial charge is 0.228 e. The molecule has 0 bridgehead atoms. The summed E-state index contributed by atoms with van der Waals surface area (Å²) in [4.78, 5) is 0. The van der Waals surface area contributed by atoms with E-state index in [4.69, 9.17) is 0 Å². The van der Waals surface area contributed by atoms with Gasteiger partial charge in [-0.25, -0.2) is 17.2 Å². The SMILES string of the molecule is CC[C@H](C)CS(=O)(=O)[C@H](C)c1ccc(F)c(F)c1. The first kappa shape index (κ1) is 15.1. The molecule has 5 heteroatoms. The Balaban J connectivity index is 2.98. The lowest BCUT2D eigenvalue weighted by atomic mass is 10.1. The van der Waals surface area contributed by atoms with E-state index >= 15 is 0 Å². The first-order chi connectivity index (χ1) is 8.27. The molecule has 18 heavy (non-hydrogen) atoms. The zero-order chi connectivity index (χ0) is 13.9. The van der Waals surface area contributed by atoms with Crippen LogP contribution in [0.25, 0.3) is 0 Å². The van der Waals surface area contributed by atoms with Gasteiger partial charge in [0, 0.05) is 0 Å². The smallest absolute Gasteiger partial charge is 0.159 e. The lowest BCUT2D eigenvalue weighted by Crippen LogP contribution is -2.19. The van der Waals surface area contributed by atoms with Crippen LogP contribution in [0.2, 0.25) is 0 Å². The summed E-state index contributed by atoms with van der Waals surface area (Å²) in [5, 5.41) is -0.818. The van der Waals surface area contributed by atoms with Gasteiger partial charge < -0.3 is 0 Å². The molecule has 0 radical (unpaired) electrons. The molecule has 0 spiro atoms. The van der Waals surface area contributed by atoms with Crippen molar-refractivity contribution in [3.63, 3.8) is 0 Å². The van der Waals surface area contributed by atoms with Gasteiger partial charge in [0.1, 0.15) is 0 Å². The molecule has 0 N–H and O–H groups in total.